The second kappa shape index (κ2) is 7.93. The molecule has 2 bridgehead atoms. The van der Waals surface area contributed by atoms with E-state index in [1.54, 1.807) is 11.0 Å². The largest absolute Gasteiger partial charge is 0.445 e. The Balaban J connectivity index is 1.52. The maximum atomic E-state index is 13.1. The number of piperidine rings is 1. The summed E-state index contributed by atoms with van der Waals surface area (Å²) in [6.07, 6.45) is 0.362. The lowest BCUT2D eigenvalue weighted by Gasteiger charge is -2.44. The Hall–Kier alpha value is -2.76. The van der Waals surface area contributed by atoms with Crippen LogP contribution in [0.5, 0.6) is 0 Å². The van der Waals surface area contributed by atoms with Gasteiger partial charge in [0.25, 0.3) is 0 Å². The molecule has 29 heavy (non-hydrogen) atoms. The molecule has 2 atom stereocenters. The smallest absolute Gasteiger partial charge is 0.416 e. The molecule has 6 heteroatoms. The number of fused-ring (bicyclic) bond motifs is 2. The quantitative estimate of drug-likeness (QED) is 0.626. The van der Waals surface area contributed by atoms with Crippen LogP contribution in [0, 0.1) is 0 Å². The van der Waals surface area contributed by atoms with Gasteiger partial charge in [0.15, 0.2) is 0 Å². The first kappa shape index (κ1) is 19.6. The van der Waals surface area contributed by atoms with E-state index in [-0.39, 0.29) is 24.8 Å². The van der Waals surface area contributed by atoms with E-state index in [1.165, 1.54) is 12.1 Å². The third kappa shape index (κ3) is 4.31. The van der Waals surface area contributed by atoms with Crippen LogP contribution in [0.15, 0.2) is 60.7 Å². The number of hydrogen-bond donors (Lipinski definition) is 0. The predicted molar refractivity (Wildman–Crippen MR) is 104 cm³/mol. The van der Waals surface area contributed by atoms with Crippen molar-refractivity contribution in [3.63, 3.8) is 0 Å². The average Bonchev–Trinajstić information content (AvgIpc) is 2.71. The van der Waals surface area contributed by atoms with Crippen LogP contribution >= 0.6 is 0 Å². The maximum absolute atomic E-state index is 13.1. The maximum Gasteiger partial charge on any atom is 0.416 e. The molecule has 0 spiro atoms. The highest BCUT2D eigenvalue weighted by Crippen LogP contribution is 2.39. The highest BCUT2D eigenvalue weighted by atomic mass is 19.4. The van der Waals surface area contributed by atoms with Crippen molar-refractivity contribution in [2.75, 3.05) is 0 Å². The molecule has 2 heterocycles. The number of hydrogen-bond acceptors (Lipinski definition) is 2. The standard InChI is InChI=1S/C23H22F3NO2/c24-23(25,26)19-9-4-8-17(12-19)18-13-20-10-5-11-21(14-18)27(20)22(28)29-15-16-6-2-1-3-7-16/h1-4,6-9,12-13,20-21H,5,10-11,14-15H2. The summed E-state index contributed by atoms with van der Waals surface area (Å²) in [4.78, 5) is 14.5. The number of carbonyl (C=O) groups excluding carboxylic acids is 1. The predicted octanol–water partition coefficient (Wildman–Crippen LogP) is 6.05. The van der Waals surface area contributed by atoms with E-state index in [9.17, 15) is 18.0 Å². The highest BCUT2D eigenvalue weighted by Gasteiger charge is 2.38. The zero-order chi connectivity index (χ0) is 20.4. The molecule has 0 saturated carbocycles. The lowest BCUT2D eigenvalue weighted by Crippen LogP contribution is -2.51. The summed E-state index contributed by atoms with van der Waals surface area (Å²) >= 11 is 0. The minimum Gasteiger partial charge on any atom is -0.445 e. The summed E-state index contributed by atoms with van der Waals surface area (Å²) in [6.45, 7) is 0.208. The molecular weight excluding hydrogens is 379 g/mol. The van der Waals surface area contributed by atoms with Gasteiger partial charge in [0.05, 0.1) is 11.6 Å². The number of amides is 1. The third-order valence-electron chi connectivity index (χ3n) is 5.61. The first-order valence-corrected chi connectivity index (χ1v) is 9.79. The molecular formula is C23H22F3NO2. The Bertz CT molecular complexity index is 908. The van der Waals surface area contributed by atoms with Gasteiger partial charge in [-0.05, 0) is 54.5 Å². The number of rotatable bonds is 3. The summed E-state index contributed by atoms with van der Waals surface area (Å²) in [6, 6.07) is 14.7. The Labute approximate surface area is 167 Å². The molecule has 0 radical (unpaired) electrons. The van der Waals surface area contributed by atoms with Gasteiger partial charge >= 0.3 is 12.3 Å². The molecule has 1 saturated heterocycles. The molecule has 4 rings (SSSR count). The molecule has 2 aliphatic heterocycles. The van der Waals surface area contributed by atoms with Gasteiger partial charge in [-0.25, -0.2) is 4.79 Å². The molecule has 152 valence electrons. The molecule has 0 aliphatic carbocycles. The summed E-state index contributed by atoms with van der Waals surface area (Å²) in [5.41, 5.74) is 1.72. The van der Waals surface area contributed by atoms with E-state index < -0.39 is 11.7 Å². The van der Waals surface area contributed by atoms with Crippen LogP contribution in [0.1, 0.15) is 42.4 Å². The Morgan fingerprint density at radius 1 is 1.07 bits per heavy atom. The molecule has 2 unspecified atom stereocenters. The molecule has 2 aromatic carbocycles. The van der Waals surface area contributed by atoms with Crippen LogP contribution in [-0.2, 0) is 17.5 Å². The second-order valence-corrected chi connectivity index (χ2v) is 7.57. The summed E-state index contributed by atoms with van der Waals surface area (Å²) < 4.78 is 44.7. The third-order valence-corrected chi connectivity index (χ3v) is 5.61. The van der Waals surface area contributed by atoms with Gasteiger partial charge in [-0.2, -0.15) is 13.2 Å². The van der Waals surface area contributed by atoms with Crippen molar-refractivity contribution in [2.24, 2.45) is 0 Å². The summed E-state index contributed by atoms with van der Waals surface area (Å²) in [5.74, 6) is 0. The van der Waals surface area contributed by atoms with Gasteiger partial charge in [0.2, 0.25) is 0 Å². The zero-order valence-electron chi connectivity index (χ0n) is 15.9. The normalized spacial score (nSPS) is 21.5. The Morgan fingerprint density at radius 3 is 2.59 bits per heavy atom. The molecule has 1 amide bonds. The summed E-state index contributed by atoms with van der Waals surface area (Å²) in [7, 11) is 0. The average molecular weight is 401 g/mol. The van der Waals surface area contributed by atoms with Crippen molar-refractivity contribution in [3.8, 4) is 0 Å². The van der Waals surface area contributed by atoms with Crippen molar-refractivity contribution in [1.29, 1.82) is 0 Å². The lowest BCUT2D eigenvalue weighted by molar-refractivity contribution is -0.137. The number of nitrogens with zero attached hydrogens (tertiary/aromatic N) is 1. The number of halogens is 3. The van der Waals surface area contributed by atoms with E-state index in [4.69, 9.17) is 4.74 Å². The molecule has 0 N–H and O–H groups in total. The van der Waals surface area contributed by atoms with Gasteiger partial charge in [-0.3, -0.25) is 4.90 Å². The van der Waals surface area contributed by atoms with Crippen LogP contribution in [0.25, 0.3) is 5.57 Å². The summed E-state index contributed by atoms with van der Waals surface area (Å²) in [5, 5.41) is 0. The minimum atomic E-state index is -4.37. The Kier molecular flexibility index (Phi) is 5.35. The molecule has 0 aromatic heterocycles. The molecule has 2 aliphatic rings. The first-order valence-electron chi connectivity index (χ1n) is 9.79. The fourth-order valence-electron chi connectivity index (χ4n) is 4.22. The van der Waals surface area contributed by atoms with Gasteiger partial charge < -0.3 is 4.74 Å². The van der Waals surface area contributed by atoms with Crippen molar-refractivity contribution < 1.29 is 22.7 Å². The fourth-order valence-corrected chi connectivity index (χ4v) is 4.22. The first-order chi connectivity index (χ1) is 13.9. The SMILES string of the molecule is O=C(OCc1ccccc1)N1C2C=C(c3cccc(C(F)(F)F)c3)CC1CCC2. The van der Waals surface area contributed by atoms with E-state index in [1.807, 2.05) is 36.4 Å². The van der Waals surface area contributed by atoms with Crippen molar-refractivity contribution in [3.05, 3.63) is 77.4 Å². The highest BCUT2D eigenvalue weighted by molar-refractivity contribution is 5.74. The zero-order valence-corrected chi connectivity index (χ0v) is 15.9. The van der Waals surface area contributed by atoms with Gasteiger partial charge in [-0.15, -0.1) is 0 Å². The van der Waals surface area contributed by atoms with E-state index in [0.29, 0.717) is 12.0 Å². The molecule has 3 nitrogen and oxygen atoms in total. The minimum absolute atomic E-state index is 0.0495. The van der Waals surface area contributed by atoms with Crippen LogP contribution < -0.4 is 0 Å². The van der Waals surface area contributed by atoms with Crippen LogP contribution in [0.2, 0.25) is 0 Å². The molecule has 1 fully saturated rings. The lowest BCUT2D eigenvalue weighted by atomic mass is 9.83. The van der Waals surface area contributed by atoms with Crippen molar-refractivity contribution in [2.45, 2.75) is 50.6 Å². The number of ether oxygens (including phenoxy) is 1. The van der Waals surface area contributed by atoms with E-state index >= 15 is 0 Å². The van der Waals surface area contributed by atoms with Gasteiger partial charge in [0, 0.05) is 6.04 Å². The Morgan fingerprint density at radius 2 is 1.86 bits per heavy atom. The van der Waals surface area contributed by atoms with Crippen LogP contribution in [0.4, 0.5) is 18.0 Å². The number of benzene rings is 2. The monoisotopic (exact) mass is 401 g/mol. The van der Waals surface area contributed by atoms with Crippen molar-refractivity contribution in [1.82, 2.24) is 4.90 Å². The van der Waals surface area contributed by atoms with E-state index in [0.717, 1.165) is 36.5 Å². The van der Waals surface area contributed by atoms with Crippen LogP contribution in [0.3, 0.4) is 0 Å². The topological polar surface area (TPSA) is 29.5 Å². The van der Waals surface area contributed by atoms with Crippen LogP contribution in [-0.4, -0.2) is 23.1 Å². The van der Waals surface area contributed by atoms with Gasteiger partial charge in [0.1, 0.15) is 6.61 Å². The van der Waals surface area contributed by atoms with Crippen molar-refractivity contribution >= 4 is 11.7 Å². The van der Waals surface area contributed by atoms with E-state index in [2.05, 4.69) is 0 Å². The fraction of sp³-hybridized carbons (Fsp3) is 0.348. The second-order valence-electron chi connectivity index (χ2n) is 7.57. The molecule has 2 aromatic rings. The number of carbonyl (C=O) groups is 1. The number of alkyl halides is 3. The van der Waals surface area contributed by atoms with Gasteiger partial charge in [-0.1, -0.05) is 48.5 Å².